The van der Waals surface area contributed by atoms with Crippen molar-refractivity contribution >= 4 is 21.8 Å². The van der Waals surface area contributed by atoms with E-state index in [4.69, 9.17) is 0 Å². The molecule has 1 aromatic rings. The first-order valence-corrected chi connectivity index (χ1v) is 6.69. The lowest BCUT2D eigenvalue weighted by Gasteiger charge is -2.20. The van der Waals surface area contributed by atoms with Crippen LogP contribution in [0.3, 0.4) is 0 Å². The van der Waals surface area contributed by atoms with Crippen LogP contribution in [0.2, 0.25) is 0 Å². The molecule has 1 rings (SSSR count). The lowest BCUT2D eigenvalue weighted by Crippen LogP contribution is -2.37. The molecule has 0 saturated carbocycles. The van der Waals surface area contributed by atoms with Gasteiger partial charge < -0.3 is 10.4 Å². The van der Waals surface area contributed by atoms with E-state index in [0.29, 0.717) is 11.1 Å². The first kappa shape index (κ1) is 15.9. The first-order chi connectivity index (χ1) is 8.82. The standard InChI is InChI=1S/C14H17BrFNO2/c1-8(2)12(16)14(19)17-9(3)13(18)10-4-6-11(15)7-5-10/h4-7,9,13,18H,1-3H3,(H,17,19). The normalized spacial score (nSPS) is 13.6. The largest absolute Gasteiger partial charge is 0.386 e. The lowest BCUT2D eigenvalue weighted by molar-refractivity contribution is -0.120. The highest BCUT2D eigenvalue weighted by molar-refractivity contribution is 9.10. The summed E-state index contributed by atoms with van der Waals surface area (Å²) >= 11 is 3.30. The summed E-state index contributed by atoms with van der Waals surface area (Å²) in [5.74, 6) is -1.61. The number of halogens is 2. The lowest BCUT2D eigenvalue weighted by atomic mass is 10.0. The predicted octanol–water partition coefficient (Wildman–Crippen LogP) is 3.25. The summed E-state index contributed by atoms with van der Waals surface area (Å²) in [7, 11) is 0. The van der Waals surface area contributed by atoms with Gasteiger partial charge in [-0.1, -0.05) is 28.1 Å². The third kappa shape index (κ3) is 4.44. The van der Waals surface area contributed by atoms with Crippen molar-refractivity contribution in [2.45, 2.75) is 32.9 Å². The summed E-state index contributed by atoms with van der Waals surface area (Å²) in [5, 5.41) is 12.5. The number of nitrogens with one attached hydrogen (secondary N) is 1. The molecule has 5 heteroatoms. The van der Waals surface area contributed by atoms with Gasteiger partial charge in [-0.15, -0.1) is 0 Å². The summed E-state index contributed by atoms with van der Waals surface area (Å²) in [5.41, 5.74) is 0.969. The number of hydrogen-bond acceptors (Lipinski definition) is 2. The van der Waals surface area contributed by atoms with E-state index in [2.05, 4.69) is 21.2 Å². The number of aliphatic hydroxyl groups is 1. The van der Waals surface area contributed by atoms with Gasteiger partial charge in [-0.2, -0.15) is 0 Å². The van der Waals surface area contributed by atoms with Crippen LogP contribution in [0.5, 0.6) is 0 Å². The third-order valence-electron chi connectivity index (χ3n) is 2.68. The van der Waals surface area contributed by atoms with Crippen LogP contribution in [-0.2, 0) is 4.79 Å². The molecule has 0 aliphatic heterocycles. The molecule has 104 valence electrons. The summed E-state index contributed by atoms with van der Waals surface area (Å²) in [6.07, 6.45) is -0.887. The number of amides is 1. The Morgan fingerprint density at radius 2 is 1.84 bits per heavy atom. The zero-order chi connectivity index (χ0) is 14.6. The van der Waals surface area contributed by atoms with E-state index in [0.717, 1.165) is 4.47 Å². The van der Waals surface area contributed by atoms with Crippen LogP contribution in [0.15, 0.2) is 40.1 Å². The maximum absolute atomic E-state index is 13.4. The van der Waals surface area contributed by atoms with E-state index < -0.39 is 23.9 Å². The number of carbonyl (C=O) groups is 1. The Morgan fingerprint density at radius 3 is 2.32 bits per heavy atom. The maximum Gasteiger partial charge on any atom is 0.280 e. The van der Waals surface area contributed by atoms with E-state index in [1.807, 2.05) is 0 Å². The van der Waals surface area contributed by atoms with Crippen molar-refractivity contribution in [3.63, 3.8) is 0 Å². The highest BCUT2D eigenvalue weighted by Gasteiger charge is 2.20. The zero-order valence-electron chi connectivity index (χ0n) is 11.1. The monoisotopic (exact) mass is 329 g/mol. The van der Waals surface area contributed by atoms with Gasteiger partial charge in [0, 0.05) is 4.47 Å². The second-order valence-electron chi connectivity index (χ2n) is 4.57. The van der Waals surface area contributed by atoms with E-state index in [-0.39, 0.29) is 0 Å². The van der Waals surface area contributed by atoms with Gasteiger partial charge >= 0.3 is 0 Å². The maximum atomic E-state index is 13.4. The Kier molecular flexibility index (Phi) is 5.69. The summed E-state index contributed by atoms with van der Waals surface area (Å²) < 4.78 is 14.3. The Balaban J connectivity index is 2.73. The molecule has 2 atom stereocenters. The minimum Gasteiger partial charge on any atom is -0.386 e. The van der Waals surface area contributed by atoms with Crippen molar-refractivity contribution in [2.75, 3.05) is 0 Å². The van der Waals surface area contributed by atoms with Crippen LogP contribution < -0.4 is 5.32 Å². The minimum atomic E-state index is -0.887. The van der Waals surface area contributed by atoms with Gasteiger partial charge in [0.15, 0.2) is 5.83 Å². The van der Waals surface area contributed by atoms with Crippen molar-refractivity contribution in [3.8, 4) is 0 Å². The van der Waals surface area contributed by atoms with Gasteiger partial charge in [0.1, 0.15) is 0 Å². The Labute approximate surface area is 120 Å². The van der Waals surface area contributed by atoms with Crippen molar-refractivity contribution in [1.29, 1.82) is 0 Å². The van der Waals surface area contributed by atoms with Crippen LogP contribution in [0.4, 0.5) is 4.39 Å². The molecule has 0 aromatic heterocycles. The van der Waals surface area contributed by atoms with Gasteiger partial charge in [-0.25, -0.2) is 4.39 Å². The molecule has 1 aromatic carbocycles. The molecule has 0 heterocycles. The van der Waals surface area contributed by atoms with Crippen LogP contribution in [0.25, 0.3) is 0 Å². The molecule has 0 saturated heterocycles. The summed E-state index contributed by atoms with van der Waals surface area (Å²) in [6.45, 7) is 4.67. The highest BCUT2D eigenvalue weighted by atomic mass is 79.9. The van der Waals surface area contributed by atoms with Crippen molar-refractivity contribution in [3.05, 3.63) is 45.7 Å². The molecule has 2 N–H and O–H groups in total. The van der Waals surface area contributed by atoms with Crippen LogP contribution in [0, 0.1) is 0 Å². The molecule has 1 amide bonds. The van der Waals surface area contributed by atoms with Crippen molar-refractivity contribution < 1.29 is 14.3 Å². The second-order valence-corrected chi connectivity index (χ2v) is 5.49. The molecule has 2 unspecified atom stereocenters. The van der Waals surface area contributed by atoms with Crippen LogP contribution in [-0.4, -0.2) is 17.1 Å². The molecule has 0 aliphatic carbocycles. The van der Waals surface area contributed by atoms with E-state index in [9.17, 15) is 14.3 Å². The molecule has 19 heavy (non-hydrogen) atoms. The van der Waals surface area contributed by atoms with E-state index in [1.54, 1.807) is 31.2 Å². The van der Waals surface area contributed by atoms with Crippen LogP contribution >= 0.6 is 15.9 Å². The number of hydrogen-bond donors (Lipinski definition) is 2. The van der Waals surface area contributed by atoms with E-state index in [1.165, 1.54) is 13.8 Å². The fourth-order valence-electron chi connectivity index (χ4n) is 1.52. The molecule has 0 spiro atoms. The molecule has 0 radical (unpaired) electrons. The average molecular weight is 330 g/mol. The molecular formula is C14H17BrFNO2. The molecule has 0 fully saturated rings. The molecule has 3 nitrogen and oxygen atoms in total. The second kappa shape index (κ2) is 6.82. The Bertz CT molecular complexity index is 481. The SMILES string of the molecule is CC(C)=C(F)C(=O)NC(C)C(O)c1ccc(Br)cc1. The number of allylic oxidation sites excluding steroid dienone is 1. The molecule has 0 bridgehead atoms. The third-order valence-corrected chi connectivity index (χ3v) is 3.21. The Morgan fingerprint density at radius 1 is 1.32 bits per heavy atom. The average Bonchev–Trinajstić information content (AvgIpc) is 2.37. The van der Waals surface area contributed by atoms with Crippen molar-refractivity contribution in [1.82, 2.24) is 5.32 Å². The smallest absolute Gasteiger partial charge is 0.280 e. The quantitative estimate of drug-likeness (QED) is 0.833. The predicted molar refractivity (Wildman–Crippen MR) is 76.2 cm³/mol. The zero-order valence-corrected chi connectivity index (χ0v) is 12.7. The van der Waals surface area contributed by atoms with Gasteiger partial charge in [0.05, 0.1) is 12.1 Å². The van der Waals surface area contributed by atoms with Crippen LogP contribution in [0.1, 0.15) is 32.4 Å². The minimum absolute atomic E-state index is 0.308. The number of carbonyl (C=O) groups excluding carboxylic acids is 1. The van der Waals surface area contributed by atoms with Gasteiger partial charge in [0.2, 0.25) is 0 Å². The molecular weight excluding hydrogens is 313 g/mol. The number of benzene rings is 1. The van der Waals surface area contributed by atoms with Gasteiger partial charge in [-0.05, 0) is 44.0 Å². The summed E-state index contributed by atoms with van der Waals surface area (Å²) in [6, 6.07) is 6.50. The van der Waals surface area contributed by atoms with Gasteiger partial charge in [0.25, 0.3) is 5.91 Å². The first-order valence-electron chi connectivity index (χ1n) is 5.90. The fourth-order valence-corrected chi connectivity index (χ4v) is 1.79. The van der Waals surface area contributed by atoms with Crippen molar-refractivity contribution in [2.24, 2.45) is 0 Å². The van der Waals surface area contributed by atoms with Gasteiger partial charge in [-0.3, -0.25) is 4.79 Å². The fraction of sp³-hybridized carbons (Fsp3) is 0.357. The topological polar surface area (TPSA) is 49.3 Å². The van der Waals surface area contributed by atoms with E-state index >= 15 is 0 Å². The number of rotatable bonds is 4. The summed E-state index contributed by atoms with van der Waals surface area (Å²) in [4.78, 5) is 11.5. The number of aliphatic hydroxyl groups excluding tert-OH is 1. The Hall–Kier alpha value is -1.20. The molecule has 0 aliphatic rings. The highest BCUT2D eigenvalue weighted by Crippen LogP contribution is 2.20.